The molecule has 1 aromatic carbocycles. The zero-order valence-corrected chi connectivity index (χ0v) is 13.8. The second kappa shape index (κ2) is 7.53. The van der Waals surface area contributed by atoms with E-state index in [-0.39, 0.29) is 11.7 Å². The van der Waals surface area contributed by atoms with Crippen molar-refractivity contribution in [3.63, 3.8) is 0 Å². The van der Waals surface area contributed by atoms with Crippen LogP contribution in [0.15, 0.2) is 47.8 Å². The van der Waals surface area contributed by atoms with Gasteiger partial charge in [-0.1, -0.05) is 36.4 Å². The lowest BCUT2D eigenvalue weighted by molar-refractivity contribution is -0.132. The number of benzene rings is 1. The number of ketones is 1. The Bertz CT molecular complexity index is 647. The molecule has 120 valence electrons. The Morgan fingerprint density at radius 1 is 0.957 bits per heavy atom. The summed E-state index contributed by atoms with van der Waals surface area (Å²) < 4.78 is 0. The first kappa shape index (κ1) is 15.9. The smallest absolute Gasteiger partial charge is 0.227 e. The van der Waals surface area contributed by atoms with Crippen LogP contribution in [0.3, 0.4) is 0 Å². The summed E-state index contributed by atoms with van der Waals surface area (Å²) in [4.78, 5) is 29.3. The normalized spacial score (nSPS) is 15.6. The maximum atomic E-state index is 12.3. The Balaban J connectivity index is 1.46. The first-order valence-corrected chi connectivity index (χ1v) is 8.71. The van der Waals surface area contributed by atoms with Gasteiger partial charge in [-0.25, -0.2) is 0 Å². The maximum absolute atomic E-state index is 12.3. The maximum Gasteiger partial charge on any atom is 0.227 e. The molecule has 0 N–H and O–H groups in total. The summed E-state index contributed by atoms with van der Waals surface area (Å²) in [6.45, 7) is 3.36. The van der Waals surface area contributed by atoms with Gasteiger partial charge < -0.3 is 4.90 Å². The molecule has 0 saturated carbocycles. The highest BCUT2D eigenvalue weighted by Gasteiger charge is 2.22. The van der Waals surface area contributed by atoms with Gasteiger partial charge in [0, 0.05) is 26.2 Å². The second-order valence-electron chi connectivity index (χ2n) is 5.72. The number of hydrogen-bond acceptors (Lipinski definition) is 4. The Morgan fingerprint density at radius 3 is 2.35 bits per heavy atom. The van der Waals surface area contributed by atoms with E-state index in [0.717, 1.165) is 23.5 Å². The van der Waals surface area contributed by atoms with Crippen molar-refractivity contribution in [2.75, 3.05) is 32.7 Å². The number of piperazine rings is 1. The highest BCUT2D eigenvalue weighted by Crippen LogP contribution is 2.12. The van der Waals surface area contributed by atoms with Crippen molar-refractivity contribution >= 4 is 23.0 Å². The molecule has 1 aliphatic heterocycles. The summed E-state index contributed by atoms with van der Waals surface area (Å²) in [5.41, 5.74) is 1.05. The van der Waals surface area contributed by atoms with Gasteiger partial charge in [0.05, 0.1) is 17.8 Å². The van der Waals surface area contributed by atoms with Crippen LogP contribution in [0.5, 0.6) is 0 Å². The quantitative estimate of drug-likeness (QED) is 0.791. The molecular weight excluding hydrogens is 308 g/mol. The van der Waals surface area contributed by atoms with Crippen molar-refractivity contribution in [1.82, 2.24) is 9.80 Å². The van der Waals surface area contributed by atoms with Crippen molar-refractivity contribution in [1.29, 1.82) is 0 Å². The lowest BCUT2D eigenvalue weighted by Crippen LogP contribution is -2.50. The first-order chi connectivity index (χ1) is 11.2. The zero-order chi connectivity index (χ0) is 16.1. The number of carbonyl (C=O) groups is 2. The Kier molecular flexibility index (Phi) is 5.20. The van der Waals surface area contributed by atoms with Crippen molar-refractivity contribution < 1.29 is 9.59 Å². The van der Waals surface area contributed by atoms with Crippen LogP contribution in [0.25, 0.3) is 0 Å². The summed E-state index contributed by atoms with van der Waals surface area (Å²) in [6.07, 6.45) is 0.453. The van der Waals surface area contributed by atoms with E-state index in [1.165, 1.54) is 11.3 Å². The number of carbonyl (C=O) groups excluding carboxylic acids is 2. The monoisotopic (exact) mass is 328 g/mol. The van der Waals surface area contributed by atoms with Gasteiger partial charge in [0.25, 0.3) is 0 Å². The molecule has 0 radical (unpaired) electrons. The number of Topliss-reactive ketones (excluding diaryl/α,β-unsaturated/α-hetero) is 1. The van der Waals surface area contributed by atoms with Crippen molar-refractivity contribution in [2.24, 2.45) is 0 Å². The summed E-state index contributed by atoms with van der Waals surface area (Å²) in [5.74, 6) is 0.337. The van der Waals surface area contributed by atoms with Crippen molar-refractivity contribution in [2.45, 2.75) is 6.42 Å². The molecule has 2 aromatic rings. The van der Waals surface area contributed by atoms with Gasteiger partial charge in [-0.3, -0.25) is 14.5 Å². The van der Waals surface area contributed by atoms with E-state index in [0.29, 0.717) is 26.1 Å². The Morgan fingerprint density at radius 2 is 1.70 bits per heavy atom. The summed E-state index contributed by atoms with van der Waals surface area (Å²) >= 11 is 1.49. The first-order valence-electron chi connectivity index (χ1n) is 7.83. The minimum atomic E-state index is 0.167. The standard InChI is InChI=1S/C18H20N2O2S/c21-16(17-7-4-12-23-17)14-19-8-10-20(11-9-19)18(22)13-15-5-2-1-3-6-15/h1-7,12H,8-11,13-14H2. The third kappa shape index (κ3) is 4.27. The zero-order valence-electron chi connectivity index (χ0n) is 13.0. The van der Waals surface area contributed by atoms with E-state index < -0.39 is 0 Å². The van der Waals surface area contributed by atoms with Gasteiger partial charge in [-0.05, 0) is 17.0 Å². The van der Waals surface area contributed by atoms with Crippen LogP contribution in [-0.4, -0.2) is 54.2 Å². The second-order valence-corrected chi connectivity index (χ2v) is 6.67. The highest BCUT2D eigenvalue weighted by molar-refractivity contribution is 7.12. The lowest BCUT2D eigenvalue weighted by atomic mass is 10.1. The molecule has 23 heavy (non-hydrogen) atoms. The van der Waals surface area contributed by atoms with Gasteiger partial charge >= 0.3 is 0 Å². The predicted octanol–water partition coefficient (Wildman–Crippen LogP) is 2.32. The van der Waals surface area contributed by atoms with E-state index in [1.807, 2.05) is 52.7 Å². The fraction of sp³-hybridized carbons (Fsp3) is 0.333. The van der Waals surface area contributed by atoms with E-state index in [1.54, 1.807) is 0 Å². The minimum absolute atomic E-state index is 0.167. The molecule has 0 spiro atoms. The lowest BCUT2D eigenvalue weighted by Gasteiger charge is -2.34. The van der Waals surface area contributed by atoms with Crippen LogP contribution in [0.4, 0.5) is 0 Å². The van der Waals surface area contributed by atoms with E-state index in [2.05, 4.69) is 4.90 Å². The van der Waals surface area contributed by atoms with Crippen molar-refractivity contribution in [3.8, 4) is 0 Å². The molecule has 1 amide bonds. The molecule has 0 aliphatic carbocycles. The van der Waals surface area contributed by atoms with Gasteiger partial charge in [0.2, 0.25) is 5.91 Å². The SMILES string of the molecule is O=C(CN1CCN(C(=O)Cc2ccccc2)CC1)c1cccs1. The molecule has 1 aliphatic rings. The van der Waals surface area contributed by atoms with Crippen LogP contribution < -0.4 is 0 Å². The average molecular weight is 328 g/mol. The van der Waals surface area contributed by atoms with E-state index >= 15 is 0 Å². The molecular formula is C18H20N2O2S. The molecule has 0 unspecified atom stereocenters. The van der Waals surface area contributed by atoms with Crippen LogP contribution in [0.1, 0.15) is 15.2 Å². The van der Waals surface area contributed by atoms with Gasteiger partial charge in [0.15, 0.2) is 5.78 Å². The van der Waals surface area contributed by atoms with Gasteiger partial charge in [0.1, 0.15) is 0 Å². The Labute approximate surface area is 140 Å². The van der Waals surface area contributed by atoms with Crippen LogP contribution in [0.2, 0.25) is 0 Å². The number of rotatable bonds is 5. The summed E-state index contributed by atoms with van der Waals surface area (Å²) in [5, 5.41) is 1.92. The topological polar surface area (TPSA) is 40.6 Å². The minimum Gasteiger partial charge on any atom is -0.340 e. The van der Waals surface area contributed by atoms with Crippen molar-refractivity contribution in [3.05, 3.63) is 58.3 Å². The number of amides is 1. The summed E-state index contributed by atoms with van der Waals surface area (Å²) in [6, 6.07) is 13.6. The van der Waals surface area contributed by atoms with E-state index in [4.69, 9.17) is 0 Å². The van der Waals surface area contributed by atoms with Gasteiger partial charge in [-0.15, -0.1) is 11.3 Å². The fourth-order valence-electron chi connectivity index (χ4n) is 2.76. The molecule has 5 heteroatoms. The molecule has 1 aromatic heterocycles. The number of nitrogens with zero attached hydrogens (tertiary/aromatic N) is 2. The third-order valence-electron chi connectivity index (χ3n) is 4.09. The fourth-order valence-corrected chi connectivity index (χ4v) is 3.41. The molecule has 1 fully saturated rings. The molecule has 0 atom stereocenters. The highest BCUT2D eigenvalue weighted by atomic mass is 32.1. The van der Waals surface area contributed by atoms with Crippen LogP contribution in [-0.2, 0) is 11.2 Å². The number of hydrogen-bond donors (Lipinski definition) is 0. The molecule has 3 rings (SSSR count). The van der Waals surface area contributed by atoms with Crippen LogP contribution in [0, 0.1) is 0 Å². The van der Waals surface area contributed by atoms with E-state index in [9.17, 15) is 9.59 Å². The average Bonchev–Trinajstić information content (AvgIpc) is 3.11. The largest absolute Gasteiger partial charge is 0.340 e. The third-order valence-corrected chi connectivity index (χ3v) is 5.00. The predicted molar refractivity (Wildman–Crippen MR) is 91.8 cm³/mol. The molecule has 4 nitrogen and oxygen atoms in total. The molecule has 0 bridgehead atoms. The van der Waals surface area contributed by atoms with Crippen LogP contribution >= 0.6 is 11.3 Å². The van der Waals surface area contributed by atoms with Gasteiger partial charge in [-0.2, -0.15) is 0 Å². The number of thiophene rings is 1. The Hall–Kier alpha value is -1.98. The summed E-state index contributed by atoms with van der Waals surface area (Å²) in [7, 11) is 0. The molecule has 1 saturated heterocycles. The molecule has 2 heterocycles.